The molecule has 0 aliphatic heterocycles. The first-order valence-electron chi connectivity index (χ1n) is 14.1. The van der Waals surface area contributed by atoms with Crippen molar-refractivity contribution in [2.45, 2.75) is 106 Å². The zero-order valence-electron chi connectivity index (χ0n) is 24.2. The first-order chi connectivity index (χ1) is 17.3. The zero-order chi connectivity index (χ0) is 27.1. The lowest BCUT2D eigenvalue weighted by Crippen LogP contribution is -2.14. The summed E-state index contributed by atoms with van der Waals surface area (Å²) in [6, 6.07) is 1.87. The van der Waals surface area contributed by atoms with Crippen LogP contribution in [-0.2, 0) is 4.79 Å². The maximum Gasteiger partial charge on any atom is 0.182 e. The smallest absolute Gasteiger partial charge is 0.182 e. The van der Waals surface area contributed by atoms with E-state index in [1.54, 1.807) is 26.4 Å². The molecule has 0 radical (unpaired) electrons. The van der Waals surface area contributed by atoms with E-state index in [-0.39, 0.29) is 18.9 Å². The third-order valence-electron chi connectivity index (χ3n) is 7.40. The van der Waals surface area contributed by atoms with E-state index in [1.165, 1.54) is 44.9 Å². The van der Waals surface area contributed by atoms with Gasteiger partial charge in [-0.1, -0.05) is 97.3 Å². The molecule has 0 bridgehead atoms. The molecule has 1 aromatic heterocycles. The molecule has 202 valence electrons. The molecule has 4 heteroatoms. The molecular formula is C32H52N2O2. The van der Waals surface area contributed by atoms with Crippen molar-refractivity contribution in [3.63, 3.8) is 0 Å². The highest BCUT2D eigenvalue weighted by Crippen LogP contribution is 2.32. The summed E-state index contributed by atoms with van der Waals surface area (Å²) < 4.78 is 0. The van der Waals surface area contributed by atoms with E-state index in [4.69, 9.17) is 0 Å². The Labute approximate surface area is 222 Å². The Hall–Kier alpha value is -2.36. The van der Waals surface area contributed by atoms with Crippen molar-refractivity contribution < 1.29 is 11.0 Å². The molecule has 1 heterocycles. The van der Waals surface area contributed by atoms with Crippen molar-refractivity contribution in [1.82, 2.24) is 4.98 Å². The average Bonchev–Trinajstić information content (AvgIpc) is 3.39. The zero-order valence-corrected chi connectivity index (χ0v) is 24.2. The van der Waals surface area contributed by atoms with Crippen LogP contribution in [0.2, 0.25) is 0 Å². The van der Waals surface area contributed by atoms with E-state index in [0.717, 1.165) is 34.1 Å². The molecular weight excluding hydrogens is 444 g/mol. The monoisotopic (exact) mass is 496 g/mol. The molecule has 0 saturated heterocycles. The van der Waals surface area contributed by atoms with Crippen LogP contribution in [0.3, 0.4) is 0 Å². The fourth-order valence-electron chi connectivity index (χ4n) is 5.11. The Kier molecular flexibility index (Phi) is 15.1. The first kappa shape index (κ1) is 31.7. The van der Waals surface area contributed by atoms with E-state index in [0.29, 0.717) is 18.5 Å². The number of aryl methyl sites for hydroxylation is 1. The first-order valence-corrected chi connectivity index (χ1v) is 14.1. The number of carbonyl (C=O) groups excluding carboxylic acids is 2. The summed E-state index contributed by atoms with van der Waals surface area (Å²) in [5.41, 5.74) is 4.19. The molecule has 0 spiro atoms. The van der Waals surface area contributed by atoms with Gasteiger partial charge >= 0.3 is 0 Å². The summed E-state index contributed by atoms with van der Waals surface area (Å²) in [6.45, 7) is 14.3. The molecule has 0 N–H and O–H groups in total. The van der Waals surface area contributed by atoms with Gasteiger partial charge in [-0.3, -0.25) is 19.6 Å². The van der Waals surface area contributed by atoms with Crippen LogP contribution >= 0.6 is 0 Å². The molecule has 36 heavy (non-hydrogen) atoms. The number of hydrogen-bond acceptors (Lipinski definition) is 4. The second-order valence-electron chi connectivity index (χ2n) is 10.1. The van der Waals surface area contributed by atoms with Crippen LogP contribution in [0.15, 0.2) is 40.6 Å². The highest BCUT2D eigenvalue weighted by molar-refractivity contribution is 6.03. The third kappa shape index (κ3) is 9.95. The van der Waals surface area contributed by atoms with Crippen LogP contribution in [0.25, 0.3) is 0 Å². The average molecular weight is 497 g/mol. The van der Waals surface area contributed by atoms with E-state index in [9.17, 15) is 9.59 Å². The van der Waals surface area contributed by atoms with Crippen molar-refractivity contribution in [3.05, 3.63) is 52.4 Å². The lowest BCUT2D eigenvalue weighted by atomic mass is 9.79. The van der Waals surface area contributed by atoms with Crippen molar-refractivity contribution in [3.8, 4) is 0 Å². The van der Waals surface area contributed by atoms with E-state index in [2.05, 4.69) is 23.8 Å². The second kappa shape index (κ2) is 17.2. The summed E-state index contributed by atoms with van der Waals surface area (Å²) in [6.07, 6.45) is 18.5. The number of carbonyl (C=O) groups is 2. The van der Waals surface area contributed by atoms with Gasteiger partial charge in [-0.25, -0.2) is 0 Å². The number of allylic oxidation sites excluding steroid dienone is 4. The number of pyridine rings is 1. The second-order valence-corrected chi connectivity index (χ2v) is 10.1. The van der Waals surface area contributed by atoms with Crippen LogP contribution in [0.1, 0.15) is 122 Å². The standard InChI is InChI=1S/C19H22N2O2.C11H22.C2H6.H2/c1-12-7-8-21-19(17(12)11-20-4)18(23)9-13(2)15-5-6-16(10-15)14(3)22;1-3-7-10(2)11-8-5-4-6-9-11;1-2;/h5-8,11,13H,9-10H2,1-4H3;10-11H,3-9H2,1-2H3;1-2H3;1H/t;10-;;/m.1../s1. The summed E-state index contributed by atoms with van der Waals surface area (Å²) in [7, 11) is 1.68. The highest BCUT2D eigenvalue weighted by atomic mass is 16.1. The molecule has 1 saturated carbocycles. The normalized spacial score (nSPS) is 17.2. The molecule has 2 aliphatic carbocycles. The van der Waals surface area contributed by atoms with Crippen LogP contribution in [0.5, 0.6) is 0 Å². The van der Waals surface area contributed by atoms with Gasteiger partial charge in [0.2, 0.25) is 0 Å². The highest BCUT2D eigenvalue weighted by Gasteiger charge is 2.22. The van der Waals surface area contributed by atoms with Crippen LogP contribution in [0, 0.1) is 24.7 Å². The Bertz CT molecular complexity index is 927. The van der Waals surface area contributed by atoms with Gasteiger partial charge in [-0.15, -0.1) is 0 Å². The topological polar surface area (TPSA) is 59.4 Å². The van der Waals surface area contributed by atoms with E-state index < -0.39 is 0 Å². The summed E-state index contributed by atoms with van der Waals surface area (Å²) in [5, 5.41) is 0. The molecule has 1 unspecified atom stereocenters. The molecule has 3 rings (SSSR count). The maximum absolute atomic E-state index is 12.6. The minimum Gasteiger partial charge on any atom is -0.296 e. The summed E-state index contributed by atoms with van der Waals surface area (Å²) in [5.74, 6) is 2.26. The van der Waals surface area contributed by atoms with Gasteiger partial charge in [-0.05, 0) is 55.2 Å². The molecule has 4 nitrogen and oxygen atoms in total. The van der Waals surface area contributed by atoms with Crippen molar-refractivity contribution in [1.29, 1.82) is 0 Å². The van der Waals surface area contributed by atoms with Crippen LogP contribution in [-0.4, -0.2) is 29.8 Å². The predicted molar refractivity (Wildman–Crippen MR) is 156 cm³/mol. The minimum absolute atomic E-state index is 0. The van der Waals surface area contributed by atoms with Gasteiger partial charge in [-0.2, -0.15) is 0 Å². The van der Waals surface area contributed by atoms with E-state index >= 15 is 0 Å². The summed E-state index contributed by atoms with van der Waals surface area (Å²) >= 11 is 0. The Morgan fingerprint density at radius 1 is 1.17 bits per heavy atom. The molecule has 0 aromatic carbocycles. The number of aromatic nitrogens is 1. The maximum atomic E-state index is 12.6. The number of hydrogen-bond donors (Lipinski definition) is 0. The van der Waals surface area contributed by atoms with Crippen LogP contribution < -0.4 is 0 Å². The van der Waals surface area contributed by atoms with Crippen LogP contribution in [0.4, 0.5) is 0 Å². The largest absolute Gasteiger partial charge is 0.296 e. The van der Waals surface area contributed by atoms with Gasteiger partial charge < -0.3 is 0 Å². The fraction of sp³-hybridized carbons (Fsp3) is 0.625. The van der Waals surface area contributed by atoms with Crippen molar-refractivity contribution in [2.24, 2.45) is 22.7 Å². The molecule has 1 aromatic rings. The van der Waals surface area contributed by atoms with E-state index in [1.807, 2.05) is 45.9 Å². The minimum atomic E-state index is 0. The molecule has 2 atom stereocenters. The number of Topliss-reactive ketones (excluding diaryl/α,β-unsaturated/α-hetero) is 2. The number of rotatable bonds is 9. The molecule has 1 fully saturated rings. The summed E-state index contributed by atoms with van der Waals surface area (Å²) in [4.78, 5) is 32.3. The Balaban J connectivity index is 0.000000780. The predicted octanol–water partition coefficient (Wildman–Crippen LogP) is 8.77. The fourth-order valence-corrected chi connectivity index (χ4v) is 5.11. The number of aliphatic imine (C=N–C) groups is 1. The third-order valence-corrected chi connectivity index (χ3v) is 7.40. The lowest BCUT2D eigenvalue weighted by molar-refractivity contribution is -0.113. The molecule has 2 aliphatic rings. The van der Waals surface area contributed by atoms with Gasteiger partial charge in [0.05, 0.1) is 0 Å². The number of ketones is 2. The SMILES string of the molecule is CC.CCC[C@@H](C)C1CCCCC1.CN=Cc1c(C)ccnc1C(=O)CC(C)C1=CC=C(C(C)=O)C1.[HH]. The van der Waals surface area contributed by atoms with Gasteiger partial charge in [0.1, 0.15) is 5.69 Å². The quantitative estimate of drug-likeness (QED) is 0.253. The number of nitrogens with zero attached hydrogens (tertiary/aromatic N) is 2. The van der Waals surface area contributed by atoms with Crippen molar-refractivity contribution >= 4 is 17.8 Å². The van der Waals surface area contributed by atoms with Gasteiger partial charge in [0.25, 0.3) is 0 Å². The Morgan fingerprint density at radius 2 is 1.83 bits per heavy atom. The lowest BCUT2D eigenvalue weighted by Gasteiger charge is -2.27. The van der Waals surface area contributed by atoms with Gasteiger partial charge in [0.15, 0.2) is 11.6 Å². The van der Waals surface area contributed by atoms with Crippen molar-refractivity contribution in [2.75, 3.05) is 7.05 Å². The Morgan fingerprint density at radius 3 is 2.39 bits per heavy atom. The van der Waals surface area contributed by atoms with Gasteiger partial charge in [0, 0.05) is 32.9 Å². The molecule has 0 amide bonds.